The van der Waals surface area contributed by atoms with Crippen molar-refractivity contribution in [1.29, 1.82) is 0 Å². The van der Waals surface area contributed by atoms with Crippen molar-refractivity contribution in [3.63, 3.8) is 0 Å². The summed E-state index contributed by atoms with van der Waals surface area (Å²) in [6.45, 7) is 0.815. The average Bonchev–Trinajstić information content (AvgIpc) is 2.99. The molecule has 0 spiro atoms. The van der Waals surface area contributed by atoms with E-state index in [2.05, 4.69) is 71.3 Å². The van der Waals surface area contributed by atoms with Gasteiger partial charge in [0.1, 0.15) is 5.82 Å². The van der Waals surface area contributed by atoms with Crippen LogP contribution in [-0.4, -0.2) is 9.55 Å². The van der Waals surface area contributed by atoms with Crippen LogP contribution in [0.3, 0.4) is 0 Å². The Morgan fingerprint density at radius 2 is 1.38 bits per heavy atom. The van der Waals surface area contributed by atoms with E-state index < -0.39 is 0 Å². The van der Waals surface area contributed by atoms with Gasteiger partial charge < -0.3 is 4.57 Å². The molecule has 0 bridgehead atoms. The Bertz CT molecular complexity index is 967. The van der Waals surface area contributed by atoms with Gasteiger partial charge in [0.25, 0.3) is 0 Å². The molecule has 2 heteroatoms. The maximum atomic E-state index is 4.80. The Balaban J connectivity index is 1.77. The largest absolute Gasteiger partial charge is 0.320 e. The number of benzene rings is 3. The van der Waals surface area contributed by atoms with Crippen molar-refractivity contribution in [2.24, 2.45) is 0 Å². The number of aromatic nitrogens is 2. The zero-order chi connectivity index (χ0) is 16.2. The molecule has 0 aliphatic carbocycles. The summed E-state index contributed by atoms with van der Waals surface area (Å²) >= 11 is 0. The van der Waals surface area contributed by atoms with Crippen molar-refractivity contribution >= 4 is 23.2 Å². The zero-order valence-electron chi connectivity index (χ0n) is 13.3. The minimum absolute atomic E-state index is 0.815. The maximum absolute atomic E-state index is 4.80. The van der Waals surface area contributed by atoms with Crippen LogP contribution in [0.2, 0.25) is 0 Å². The maximum Gasteiger partial charge on any atom is 0.134 e. The van der Waals surface area contributed by atoms with Gasteiger partial charge in [0.2, 0.25) is 0 Å². The number of rotatable bonds is 4. The first-order valence-corrected chi connectivity index (χ1v) is 8.12. The highest BCUT2D eigenvalue weighted by Crippen LogP contribution is 2.19. The normalized spacial score (nSPS) is 11.3. The number of hydrogen-bond acceptors (Lipinski definition) is 1. The second-order valence-corrected chi connectivity index (χ2v) is 5.77. The molecule has 0 aliphatic heterocycles. The summed E-state index contributed by atoms with van der Waals surface area (Å²) in [4.78, 5) is 4.80. The van der Waals surface area contributed by atoms with Crippen molar-refractivity contribution in [2.45, 2.75) is 6.54 Å². The van der Waals surface area contributed by atoms with E-state index in [0.29, 0.717) is 0 Å². The minimum atomic E-state index is 0.815. The van der Waals surface area contributed by atoms with Gasteiger partial charge in [0, 0.05) is 6.54 Å². The Morgan fingerprint density at radius 1 is 0.708 bits per heavy atom. The minimum Gasteiger partial charge on any atom is -0.320 e. The SMILES string of the molecule is C(=Cc1nc2ccccc2n1Cc1ccccc1)c1ccccc1. The van der Waals surface area contributed by atoms with Crippen LogP contribution in [0.5, 0.6) is 0 Å². The summed E-state index contributed by atoms with van der Waals surface area (Å²) < 4.78 is 2.27. The number of para-hydroxylation sites is 2. The van der Waals surface area contributed by atoms with Crippen LogP contribution in [0.1, 0.15) is 17.0 Å². The van der Waals surface area contributed by atoms with Crippen molar-refractivity contribution < 1.29 is 0 Å². The molecule has 4 aromatic rings. The third-order valence-corrected chi connectivity index (χ3v) is 4.09. The number of imidazole rings is 1. The molecule has 0 atom stereocenters. The fourth-order valence-electron chi connectivity index (χ4n) is 2.89. The van der Waals surface area contributed by atoms with Gasteiger partial charge >= 0.3 is 0 Å². The molecule has 1 heterocycles. The van der Waals surface area contributed by atoms with E-state index in [-0.39, 0.29) is 0 Å². The van der Waals surface area contributed by atoms with Crippen LogP contribution >= 0.6 is 0 Å². The number of nitrogens with zero attached hydrogens (tertiary/aromatic N) is 2. The first kappa shape index (κ1) is 14.5. The van der Waals surface area contributed by atoms with Crippen molar-refractivity contribution in [1.82, 2.24) is 9.55 Å². The van der Waals surface area contributed by atoms with Crippen LogP contribution in [0.15, 0.2) is 84.9 Å². The summed E-state index contributed by atoms with van der Waals surface area (Å²) in [6.07, 6.45) is 4.21. The van der Waals surface area contributed by atoms with Gasteiger partial charge in [-0.1, -0.05) is 78.9 Å². The highest BCUT2D eigenvalue weighted by molar-refractivity contribution is 5.80. The van der Waals surface area contributed by atoms with Crippen LogP contribution < -0.4 is 0 Å². The molecule has 0 radical (unpaired) electrons. The summed E-state index contributed by atoms with van der Waals surface area (Å²) in [5.41, 5.74) is 4.64. The monoisotopic (exact) mass is 310 g/mol. The smallest absolute Gasteiger partial charge is 0.134 e. The van der Waals surface area contributed by atoms with Gasteiger partial charge in [0.15, 0.2) is 0 Å². The highest BCUT2D eigenvalue weighted by atomic mass is 15.1. The summed E-state index contributed by atoms with van der Waals surface area (Å²) in [5, 5.41) is 0. The first-order chi connectivity index (χ1) is 11.9. The van der Waals surface area contributed by atoms with Gasteiger partial charge in [-0.05, 0) is 29.3 Å². The lowest BCUT2D eigenvalue weighted by Gasteiger charge is -2.07. The van der Waals surface area contributed by atoms with E-state index in [1.54, 1.807) is 0 Å². The molecule has 0 unspecified atom stereocenters. The predicted molar refractivity (Wildman–Crippen MR) is 101 cm³/mol. The molecular formula is C22H18N2. The van der Waals surface area contributed by atoms with E-state index in [1.165, 1.54) is 11.1 Å². The topological polar surface area (TPSA) is 17.8 Å². The molecule has 2 nitrogen and oxygen atoms in total. The molecule has 0 N–H and O–H groups in total. The van der Waals surface area contributed by atoms with Crippen LogP contribution in [0.4, 0.5) is 0 Å². The van der Waals surface area contributed by atoms with Crippen LogP contribution in [0.25, 0.3) is 23.2 Å². The van der Waals surface area contributed by atoms with Crippen molar-refractivity contribution in [2.75, 3.05) is 0 Å². The Hall–Kier alpha value is -3.13. The van der Waals surface area contributed by atoms with E-state index in [4.69, 9.17) is 4.98 Å². The lowest BCUT2D eigenvalue weighted by molar-refractivity contribution is 0.814. The van der Waals surface area contributed by atoms with Crippen molar-refractivity contribution in [3.8, 4) is 0 Å². The molecule has 4 rings (SSSR count). The second kappa shape index (κ2) is 6.55. The molecule has 3 aromatic carbocycles. The lowest BCUT2D eigenvalue weighted by atomic mass is 10.2. The molecule has 24 heavy (non-hydrogen) atoms. The Morgan fingerprint density at radius 3 is 2.17 bits per heavy atom. The molecule has 0 saturated heterocycles. The quantitative estimate of drug-likeness (QED) is 0.503. The van der Waals surface area contributed by atoms with Gasteiger partial charge in [-0.2, -0.15) is 0 Å². The van der Waals surface area contributed by atoms with E-state index in [1.807, 2.05) is 30.3 Å². The van der Waals surface area contributed by atoms with E-state index in [9.17, 15) is 0 Å². The molecule has 116 valence electrons. The van der Waals surface area contributed by atoms with Gasteiger partial charge in [-0.15, -0.1) is 0 Å². The van der Waals surface area contributed by atoms with Crippen LogP contribution in [0, 0.1) is 0 Å². The third kappa shape index (κ3) is 2.99. The van der Waals surface area contributed by atoms with E-state index in [0.717, 1.165) is 23.4 Å². The lowest BCUT2D eigenvalue weighted by Crippen LogP contribution is -2.01. The summed E-state index contributed by atoms with van der Waals surface area (Å²) in [5.74, 6) is 0.976. The van der Waals surface area contributed by atoms with E-state index >= 15 is 0 Å². The number of hydrogen-bond donors (Lipinski definition) is 0. The summed E-state index contributed by atoms with van der Waals surface area (Å²) in [7, 11) is 0. The number of fused-ring (bicyclic) bond motifs is 1. The predicted octanol–water partition coefficient (Wildman–Crippen LogP) is 5.26. The Labute approximate surface area is 141 Å². The van der Waals surface area contributed by atoms with Crippen LogP contribution in [-0.2, 0) is 6.54 Å². The second-order valence-electron chi connectivity index (χ2n) is 5.77. The average molecular weight is 310 g/mol. The molecule has 0 fully saturated rings. The van der Waals surface area contributed by atoms with Crippen molar-refractivity contribution in [3.05, 3.63) is 102 Å². The highest BCUT2D eigenvalue weighted by Gasteiger charge is 2.08. The fourth-order valence-corrected chi connectivity index (χ4v) is 2.89. The molecule has 0 saturated carbocycles. The zero-order valence-corrected chi connectivity index (χ0v) is 13.3. The third-order valence-electron chi connectivity index (χ3n) is 4.09. The molecule has 1 aromatic heterocycles. The molecular weight excluding hydrogens is 292 g/mol. The first-order valence-electron chi connectivity index (χ1n) is 8.12. The fraction of sp³-hybridized carbons (Fsp3) is 0.0455. The molecule has 0 aliphatic rings. The van der Waals surface area contributed by atoms with Gasteiger partial charge in [0.05, 0.1) is 11.0 Å². The Kier molecular flexibility index (Phi) is 3.95. The van der Waals surface area contributed by atoms with Gasteiger partial charge in [-0.3, -0.25) is 0 Å². The van der Waals surface area contributed by atoms with Gasteiger partial charge in [-0.25, -0.2) is 4.98 Å². The molecule has 0 amide bonds. The standard InChI is InChI=1S/C22H18N2/c1-3-9-18(10-4-1)15-16-22-23-20-13-7-8-14-21(20)24(22)17-19-11-5-2-6-12-19/h1-16H,17H2. The summed E-state index contributed by atoms with van der Waals surface area (Å²) in [6, 6.07) is 29.1.